The minimum atomic E-state index is -3.93. The third kappa shape index (κ3) is 4.40. The summed E-state index contributed by atoms with van der Waals surface area (Å²) >= 11 is 6.69. The number of nitrogens with zero attached hydrogens (tertiary/aromatic N) is 2. The summed E-state index contributed by atoms with van der Waals surface area (Å²) in [5.41, 5.74) is -0.384. The van der Waals surface area contributed by atoms with Crippen LogP contribution in [0.2, 0.25) is 5.02 Å². The zero-order valence-electron chi connectivity index (χ0n) is 12.6. The maximum atomic E-state index is 12.3. The minimum Gasteiger partial charge on any atom is -0.300 e. The molecule has 0 spiro atoms. The topological polar surface area (TPSA) is 101 Å². The van der Waals surface area contributed by atoms with Crippen LogP contribution >= 0.6 is 22.9 Å². The molecular formula is C13H15ClN4O3S2. The van der Waals surface area contributed by atoms with Gasteiger partial charge < -0.3 is 5.32 Å². The van der Waals surface area contributed by atoms with Crippen molar-refractivity contribution in [1.29, 1.82) is 0 Å². The highest BCUT2D eigenvalue weighted by Crippen LogP contribution is 2.27. The molecule has 2 N–H and O–H groups in total. The van der Waals surface area contributed by atoms with Gasteiger partial charge in [-0.25, -0.2) is 0 Å². The summed E-state index contributed by atoms with van der Waals surface area (Å²) in [4.78, 5) is 11.9. The van der Waals surface area contributed by atoms with E-state index in [-0.39, 0.29) is 26.1 Å². The molecule has 0 atom stereocenters. The van der Waals surface area contributed by atoms with E-state index in [1.807, 2.05) is 0 Å². The van der Waals surface area contributed by atoms with Crippen LogP contribution in [0.5, 0.6) is 0 Å². The van der Waals surface area contributed by atoms with Crippen molar-refractivity contribution in [2.24, 2.45) is 5.41 Å². The molecule has 0 aliphatic carbocycles. The van der Waals surface area contributed by atoms with Crippen LogP contribution in [-0.4, -0.2) is 24.5 Å². The summed E-state index contributed by atoms with van der Waals surface area (Å²) in [5, 5.41) is 10.2. The van der Waals surface area contributed by atoms with E-state index in [0.717, 1.165) is 11.3 Å². The van der Waals surface area contributed by atoms with Gasteiger partial charge in [0.05, 0.1) is 10.7 Å². The molecule has 10 heteroatoms. The first-order chi connectivity index (χ1) is 10.6. The van der Waals surface area contributed by atoms with Gasteiger partial charge in [0.1, 0.15) is 0 Å². The number of aromatic nitrogens is 2. The Bertz CT molecular complexity index is 828. The first-order valence-corrected chi connectivity index (χ1v) is 9.20. The number of hydrogen-bond acceptors (Lipinski definition) is 6. The average Bonchev–Trinajstić information content (AvgIpc) is 2.89. The number of carbonyl (C=O) groups is 1. The van der Waals surface area contributed by atoms with Crippen LogP contribution in [0.1, 0.15) is 20.8 Å². The molecule has 0 unspecified atom stereocenters. The molecule has 0 aliphatic rings. The van der Waals surface area contributed by atoms with Crippen LogP contribution in [0.3, 0.4) is 0 Å². The van der Waals surface area contributed by atoms with E-state index in [1.54, 1.807) is 39.0 Å². The molecule has 1 aromatic carbocycles. The number of sulfonamides is 1. The van der Waals surface area contributed by atoms with Gasteiger partial charge in [0, 0.05) is 5.41 Å². The fourth-order valence-corrected chi connectivity index (χ4v) is 3.60. The Kier molecular flexibility index (Phi) is 4.92. The lowest BCUT2D eigenvalue weighted by molar-refractivity contribution is -0.123. The van der Waals surface area contributed by atoms with Gasteiger partial charge in [-0.15, -0.1) is 10.2 Å². The van der Waals surface area contributed by atoms with Crippen molar-refractivity contribution in [2.45, 2.75) is 25.1 Å². The van der Waals surface area contributed by atoms with Crippen LogP contribution in [0.15, 0.2) is 28.6 Å². The molecule has 7 nitrogen and oxygen atoms in total. The number of hydrogen-bond donors (Lipinski definition) is 2. The van der Waals surface area contributed by atoms with E-state index in [9.17, 15) is 13.2 Å². The maximum absolute atomic E-state index is 12.3. The summed E-state index contributed by atoms with van der Waals surface area (Å²) < 4.78 is 26.6. The maximum Gasteiger partial charge on any atom is 0.291 e. The molecule has 0 saturated carbocycles. The Morgan fingerprint density at radius 1 is 1.22 bits per heavy atom. The van der Waals surface area contributed by atoms with Gasteiger partial charge in [-0.05, 0) is 12.1 Å². The third-order valence-corrected chi connectivity index (χ3v) is 5.56. The molecule has 0 radical (unpaired) electrons. The molecule has 1 heterocycles. The molecule has 1 aromatic heterocycles. The smallest absolute Gasteiger partial charge is 0.291 e. The van der Waals surface area contributed by atoms with E-state index >= 15 is 0 Å². The summed E-state index contributed by atoms with van der Waals surface area (Å²) in [6, 6.07) is 6.43. The van der Waals surface area contributed by atoms with Crippen LogP contribution in [0.25, 0.3) is 0 Å². The van der Waals surface area contributed by atoms with Crippen molar-refractivity contribution in [1.82, 2.24) is 10.2 Å². The number of nitrogens with one attached hydrogen (secondary N) is 2. The lowest BCUT2D eigenvalue weighted by Crippen LogP contribution is -2.27. The second kappa shape index (κ2) is 6.42. The molecule has 0 aliphatic heterocycles. The van der Waals surface area contributed by atoms with Gasteiger partial charge in [-0.2, -0.15) is 8.42 Å². The SMILES string of the molecule is CC(C)(C)C(=O)Nc1nnc(S(=O)(=O)Nc2ccccc2Cl)s1. The number of halogens is 1. The normalized spacial score (nSPS) is 12.0. The second-order valence-corrected chi connectivity index (χ2v) is 8.90. The summed E-state index contributed by atoms with van der Waals surface area (Å²) in [5.74, 6) is -0.281. The number of anilines is 2. The average molecular weight is 375 g/mol. The lowest BCUT2D eigenvalue weighted by Gasteiger charge is -2.15. The summed E-state index contributed by atoms with van der Waals surface area (Å²) in [6.45, 7) is 5.21. The highest BCUT2D eigenvalue weighted by Gasteiger charge is 2.25. The highest BCUT2D eigenvalue weighted by molar-refractivity contribution is 7.94. The monoisotopic (exact) mass is 374 g/mol. The van der Waals surface area contributed by atoms with Crippen LogP contribution in [0, 0.1) is 5.41 Å². The molecule has 0 bridgehead atoms. The quantitative estimate of drug-likeness (QED) is 0.801. The number of benzene rings is 1. The third-order valence-electron chi connectivity index (χ3n) is 2.66. The van der Waals surface area contributed by atoms with Crippen molar-refractivity contribution < 1.29 is 13.2 Å². The van der Waals surface area contributed by atoms with Gasteiger partial charge in [0.2, 0.25) is 11.0 Å². The van der Waals surface area contributed by atoms with E-state index in [0.29, 0.717) is 0 Å². The van der Waals surface area contributed by atoms with E-state index in [2.05, 4.69) is 20.2 Å². The Balaban J connectivity index is 2.19. The minimum absolute atomic E-state index is 0.115. The number of amides is 1. The molecule has 2 rings (SSSR count). The Morgan fingerprint density at radius 3 is 2.48 bits per heavy atom. The zero-order chi connectivity index (χ0) is 17.3. The first-order valence-electron chi connectivity index (χ1n) is 6.52. The Labute approximate surface area is 143 Å². The largest absolute Gasteiger partial charge is 0.300 e. The van der Waals surface area contributed by atoms with Gasteiger partial charge in [-0.3, -0.25) is 9.52 Å². The second-order valence-electron chi connectivity index (χ2n) is 5.66. The summed E-state index contributed by atoms with van der Waals surface area (Å²) in [6.07, 6.45) is 0. The van der Waals surface area contributed by atoms with Crippen LogP contribution in [-0.2, 0) is 14.8 Å². The summed E-state index contributed by atoms with van der Waals surface area (Å²) in [7, 11) is -3.93. The Morgan fingerprint density at radius 2 is 1.87 bits per heavy atom. The van der Waals surface area contributed by atoms with Crippen molar-refractivity contribution >= 4 is 49.7 Å². The molecule has 0 saturated heterocycles. The highest BCUT2D eigenvalue weighted by atomic mass is 35.5. The molecule has 23 heavy (non-hydrogen) atoms. The number of rotatable bonds is 4. The van der Waals surface area contributed by atoms with Gasteiger partial charge in [0.25, 0.3) is 14.4 Å². The van der Waals surface area contributed by atoms with Gasteiger partial charge in [-0.1, -0.05) is 55.8 Å². The fraction of sp³-hybridized carbons (Fsp3) is 0.308. The van der Waals surface area contributed by atoms with Crippen molar-refractivity contribution in [3.8, 4) is 0 Å². The molecule has 2 aromatic rings. The van der Waals surface area contributed by atoms with Gasteiger partial charge >= 0.3 is 0 Å². The van der Waals surface area contributed by atoms with E-state index in [4.69, 9.17) is 11.6 Å². The predicted octanol–water partition coefficient (Wildman–Crippen LogP) is 2.98. The first kappa shape index (κ1) is 17.6. The molecule has 1 amide bonds. The van der Waals surface area contributed by atoms with Crippen molar-refractivity contribution in [2.75, 3.05) is 10.0 Å². The number of carbonyl (C=O) groups excluding carboxylic acids is 1. The standard InChI is InChI=1S/C13H15ClN4O3S2/c1-13(2,3)10(19)15-11-16-17-12(22-11)23(20,21)18-9-7-5-4-6-8(9)14/h4-7,18H,1-3H3,(H,15,16,19). The Hall–Kier alpha value is -1.71. The van der Waals surface area contributed by atoms with Crippen molar-refractivity contribution in [3.63, 3.8) is 0 Å². The molecule has 0 fully saturated rings. The zero-order valence-corrected chi connectivity index (χ0v) is 15.0. The molecular weight excluding hydrogens is 360 g/mol. The van der Waals surface area contributed by atoms with Gasteiger partial charge in [0.15, 0.2) is 0 Å². The predicted molar refractivity (Wildman–Crippen MR) is 90.3 cm³/mol. The van der Waals surface area contributed by atoms with Crippen LogP contribution < -0.4 is 10.0 Å². The number of para-hydroxylation sites is 1. The van der Waals surface area contributed by atoms with Crippen molar-refractivity contribution in [3.05, 3.63) is 29.3 Å². The molecule has 124 valence electrons. The van der Waals surface area contributed by atoms with E-state index in [1.165, 1.54) is 6.07 Å². The van der Waals surface area contributed by atoms with Crippen LogP contribution in [0.4, 0.5) is 10.8 Å². The lowest BCUT2D eigenvalue weighted by atomic mass is 9.96. The van der Waals surface area contributed by atoms with E-state index < -0.39 is 15.4 Å². The fourth-order valence-electron chi connectivity index (χ4n) is 1.39.